The second-order valence-electron chi connectivity index (χ2n) is 5.29. The van der Waals surface area contributed by atoms with Gasteiger partial charge in [0.15, 0.2) is 0 Å². The summed E-state index contributed by atoms with van der Waals surface area (Å²) in [5.74, 6) is 1.16. The number of rotatable bonds is 2. The molecule has 2 unspecified atom stereocenters. The fourth-order valence-electron chi connectivity index (χ4n) is 2.96. The van der Waals surface area contributed by atoms with E-state index >= 15 is 0 Å². The number of hydrogen-bond acceptors (Lipinski definition) is 2. The molecule has 1 aliphatic carbocycles. The number of anilines is 1. The van der Waals surface area contributed by atoms with Crippen molar-refractivity contribution in [3.63, 3.8) is 0 Å². The first-order chi connectivity index (χ1) is 9.74. The molecule has 2 aromatic carbocycles. The lowest BCUT2D eigenvalue weighted by atomic mass is 10.1. The van der Waals surface area contributed by atoms with Crippen LogP contribution in [0.4, 0.5) is 5.95 Å². The first-order valence-electron chi connectivity index (χ1n) is 6.72. The van der Waals surface area contributed by atoms with Crippen LogP contribution in [0.15, 0.2) is 53.0 Å². The first kappa shape index (κ1) is 12.0. The summed E-state index contributed by atoms with van der Waals surface area (Å²) < 4.78 is 3.24. The van der Waals surface area contributed by atoms with Gasteiger partial charge < -0.3 is 10.3 Å². The van der Waals surface area contributed by atoms with E-state index in [2.05, 4.69) is 61.9 Å². The number of fused-ring (bicyclic) bond motifs is 1. The van der Waals surface area contributed by atoms with Crippen LogP contribution in [0.5, 0.6) is 0 Å². The van der Waals surface area contributed by atoms with Gasteiger partial charge in [0, 0.05) is 16.4 Å². The van der Waals surface area contributed by atoms with E-state index in [1.165, 1.54) is 5.56 Å². The fourth-order valence-corrected chi connectivity index (χ4v) is 3.31. The molecule has 20 heavy (non-hydrogen) atoms. The van der Waals surface area contributed by atoms with Crippen molar-refractivity contribution in [1.82, 2.24) is 9.55 Å². The molecule has 0 aliphatic heterocycles. The Morgan fingerprint density at radius 3 is 2.75 bits per heavy atom. The zero-order chi connectivity index (χ0) is 13.7. The Morgan fingerprint density at radius 2 is 1.95 bits per heavy atom. The molecule has 4 heteroatoms. The third-order valence-corrected chi connectivity index (χ3v) is 4.49. The summed E-state index contributed by atoms with van der Waals surface area (Å²) in [6.07, 6.45) is 1.13. The molecule has 3 aromatic rings. The van der Waals surface area contributed by atoms with Gasteiger partial charge in [-0.2, -0.15) is 0 Å². The van der Waals surface area contributed by atoms with E-state index in [0.717, 1.165) is 21.9 Å². The van der Waals surface area contributed by atoms with Gasteiger partial charge in [-0.1, -0.05) is 46.3 Å². The maximum Gasteiger partial charge on any atom is 0.201 e. The van der Waals surface area contributed by atoms with Gasteiger partial charge in [0.1, 0.15) is 0 Å². The molecule has 1 aliphatic rings. The van der Waals surface area contributed by atoms with Gasteiger partial charge in [0.05, 0.1) is 11.0 Å². The summed E-state index contributed by atoms with van der Waals surface area (Å²) in [4.78, 5) is 4.46. The number of halogens is 1. The predicted molar refractivity (Wildman–Crippen MR) is 84.7 cm³/mol. The van der Waals surface area contributed by atoms with Crippen LogP contribution in [0.25, 0.3) is 11.0 Å². The van der Waals surface area contributed by atoms with Crippen molar-refractivity contribution in [1.29, 1.82) is 0 Å². The number of imidazole rings is 1. The molecule has 1 saturated carbocycles. The van der Waals surface area contributed by atoms with E-state index in [1.807, 2.05) is 12.1 Å². The smallest absolute Gasteiger partial charge is 0.201 e. The van der Waals surface area contributed by atoms with E-state index in [-0.39, 0.29) is 0 Å². The zero-order valence-electron chi connectivity index (χ0n) is 10.8. The van der Waals surface area contributed by atoms with Crippen LogP contribution in [0.3, 0.4) is 0 Å². The highest BCUT2D eigenvalue weighted by Crippen LogP contribution is 2.53. The van der Waals surface area contributed by atoms with Gasteiger partial charge in [-0.15, -0.1) is 0 Å². The molecule has 1 fully saturated rings. The standard InChI is InChI=1S/C16H14BrN3/c17-11-6-7-13-15(8-11)20(16(18)19-13)14-9-12(14)10-4-2-1-3-5-10/h1-8,12,14H,9H2,(H2,18,19). The second-order valence-corrected chi connectivity index (χ2v) is 6.21. The molecular formula is C16H14BrN3. The molecule has 0 radical (unpaired) electrons. The number of aromatic nitrogens is 2. The quantitative estimate of drug-likeness (QED) is 0.769. The molecule has 2 atom stereocenters. The van der Waals surface area contributed by atoms with Crippen LogP contribution < -0.4 is 5.73 Å². The summed E-state index contributed by atoms with van der Waals surface area (Å²) in [6, 6.07) is 17.2. The van der Waals surface area contributed by atoms with E-state index in [4.69, 9.17) is 5.73 Å². The van der Waals surface area contributed by atoms with E-state index in [1.54, 1.807) is 0 Å². The van der Waals surface area contributed by atoms with Crippen LogP contribution in [-0.4, -0.2) is 9.55 Å². The number of nitrogens with zero attached hydrogens (tertiary/aromatic N) is 2. The summed E-state index contributed by atoms with van der Waals surface area (Å²) in [5.41, 5.74) is 9.58. The topological polar surface area (TPSA) is 43.8 Å². The lowest BCUT2D eigenvalue weighted by Gasteiger charge is -2.06. The Labute approximate surface area is 125 Å². The van der Waals surface area contributed by atoms with Crippen molar-refractivity contribution in [2.45, 2.75) is 18.4 Å². The van der Waals surface area contributed by atoms with Gasteiger partial charge >= 0.3 is 0 Å². The van der Waals surface area contributed by atoms with Gasteiger partial charge in [-0.25, -0.2) is 4.98 Å². The normalized spacial score (nSPS) is 21.2. The largest absolute Gasteiger partial charge is 0.369 e. The predicted octanol–water partition coefficient (Wildman–Crippen LogP) is 4.11. The molecule has 1 aromatic heterocycles. The molecule has 0 saturated heterocycles. The highest BCUT2D eigenvalue weighted by molar-refractivity contribution is 9.10. The molecule has 0 bridgehead atoms. The minimum atomic E-state index is 0.427. The van der Waals surface area contributed by atoms with E-state index < -0.39 is 0 Å². The summed E-state index contributed by atoms with van der Waals surface area (Å²) in [6.45, 7) is 0. The monoisotopic (exact) mass is 327 g/mol. The molecule has 0 spiro atoms. The Bertz CT molecular complexity index is 779. The highest BCUT2D eigenvalue weighted by Gasteiger charge is 2.41. The Balaban J connectivity index is 1.77. The molecule has 4 rings (SSSR count). The van der Waals surface area contributed by atoms with Crippen molar-refractivity contribution in [3.05, 3.63) is 58.6 Å². The van der Waals surface area contributed by atoms with Gasteiger partial charge in [0.2, 0.25) is 5.95 Å². The Hall–Kier alpha value is -1.81. The van der Waals surface area contributed by atoms with E-state index in [9.17, 15) is 0 Å². The van der Waals surface area contributed by atoms with Crippen molar-refractivity contribution < 1.29 is 0 Å². The molecule has 3 nitrogen and oxygen atoms in total. The van der Waals surface area contributed by atoms with Crippen LogP contribution in [0, 0.1) is 0 Å². The lowest BCUT2D eigenvalue weighted by Crippen LogP contribution is -2.02. The number of nitrogen functional groups attached to an aromatic ring is 1. The van der Waals surface area contributed by atoms with Crippen LogP contribution >= 0.6 is 15.9 Å². The molecule has 0 amide bonds. The van der Waals surface area contributed by atoms with Crippen molar-refractivity contribution >= 4 is 32.9 Å². The third kappa shape index (κ3) is 1.83. The average Bonchev–Trinajstić information content (AvgIpc) is 3.17. The second kappa shape index (κ2) is 4.35. The summed E-state index contributed by atoms with van der Waals surface area (Å²) in [7, 11) is 0. The van der Waals surface area contributed by atoms with Crippen LogP contribution in [-0.2, 0) is 0 Å². The maximum atomic E-state index is 6.12. The maximum absolute atomic E-state index is 6.12. The summed E-state index contributed by atoms with van der Waals surface area (Å²) in [5, 5.41) is 0. The summed E-state index contributed by atoms with van der Waals surface area (Å²) >= 11 is 3.52. The number of nitrogens with two attached hydrogens (primary N) is 1. The van der Waals surface area contributed by atoms with E-state index in [0.29, 0.717) is 17.9 Å². The van der Waals surface area contributed by atoms with Crippen molar-refractivity contribution in [2.75, 3.05) is 5.73 Å². The van der Waals surface area contributed by atoms with Crippen LogP contribution in [0.2, 0.25) is 0 Å². The number of hydrogen-bond donors (Lipinski definition) is 1. The highest BCUT2D eigenvalue weighted by atomic mass is 79.9. The first-order valence-corrected chi connectivity index (χ1v) is 7.51. The lowest BCUT2D eigenvalue weighted by molar-refractivity contribution is 0.751. The van der Waals surface area contributed by atoms with Crippen molar-refractivity contribution in [3.8, 4) is 0 Å². The molecule has 2 N–H and O–H groups in total. The molecular weight excluding hydrogens is 314 g/mol. The van der Waals surface area contributed by atoms with Gasteiger partial charge in [-0.05, 0) is 30.2 Å². The van der Waals surface area contributed by atoms with Gasteiger partial charge in [0.25, 0.3) is 0 Å². The fraction of sp³-hybridized carbons (Fsp3) is 0.188. The average molecular weight is 328 g/mol. The SMILES string of the molecule is Nc1nc2ccc(Br)cc2n1C1CC1c1ccccc1. The van der Waals surface area contributed by atoms with Gasteiger partial charge in [-0.3, -0.25) is 0 Å². The zero-order valence-corrected chi connectivity index (χ0v) is 12.4. The molecule has 100 valence electrons. The minimum absolute atomic E-state index is 0.427. The Morgan fingerprint density at radius 1 is 1.15 bits per heavy atom. The number of benzene rings is 2. The third-order valence-electron chi connectivity index (χ3n) is 3.99. The van der Waals surface area contributed by atoms with Crippen LogP contribution in [0.1, 0.15) is 23.9 Å². The van der Waals surface area contributed by atoms with Crippen molar-refractivity contribution in [2.24, 2.45) is 0 Å². The minimum Gasteiger partial charge on any atom is -0.369 e. The Kier molecular flexibility index (Phi) is 2.60. The molecule has 1 heterocycles.